The summed E-state index contributed by atoms with van der Waals surface area (Å²) < 4.78 is 4.62. The Balaban J connectivity index is 2.99. The fourth-order valence-electron chi connectivity index (χ4n) is 1.14. The third kappa shape index (κ3) is 2.31. The van der Waals surface area contributed by atoms with Crippen LogP contribution >= 0.6 is 0 Å². The number of benzene rings is 1. The van der Waals surface area contributed by atoms with Gasteiger partial charge >= 0.3 is 5.97 Å². The highest BCUT2D eigenvalue weighted by atomic mass is 16.6. The number of quaternary nitrogens is 1. The van der Waals surface area contributed by atoms with Crippen molar-refractivity contribution in [3.63, 3.8) is 0 Å². The monoisotopic (exact) mass is 196 g/mol. The van der Waals surface area contributed by atoms with Crippen LogP contribution in [0.4, 0.5) is 5.69 Å². The molecule has 0 spiro atoms. The van der Waals surface area contributed by atoms with Crippen LogP contribution in [0.2, 0.25) is 0 Å². The van der Waals surface area contributed by atoms with E-state index in [1.165, 1.54) is 7.11 Å². The van der Waals surface area contributed by atoms with Crippen molar-refractivity contribution in [2.24, 2.45) is 0 Å². The fourth-order valence-corrected chi connectivity index (χ4v) is 1.14. The molecule has 4 heteroatoms. The molecular formula is C10H14NO3+. The summed E-state index contributed by atoms with van der Waals surface area (Å²) in [5, 5.41) is 0. The number of carbonyl (C=O) groups excluding carboxylic acids is 1. The Kier molecular flexibility index (Phi) is 3.62. The molecule has 2 N–H and O–H groups in total. The van der Waals surface area contributed by atoms with Crippen molar-refractivity contribution in [2.75, 3.05) is 14.2 Å². The lowest BCUT2D eigenvalue weighted by molar-refractivity contribution is -0.830. The molecule has 0 saturated heterocycles. The number of aryl methyl sites for hydroxylation is 1. The molecule has 0 aliphatic rings. The molecule has 0 aliphatic heterocycles. The number of methoxy groups -OCH3 is 1. The zero-order chi connectivity index (χ0) is 10.6. The minimum Gasteiger partial charge on any atom is -0.465 e. The van der Waals surface area contributed by atoms with E-state index in [0.717, 1.165) is 11.3 Å². The van der Waals surface area contributed by atoms with E-state index in [-0.39, 0.29) is 5.97 Å². The van der Waals surface area contributed by atoms with Crippen LogP contribution in [0.1, 0.15) is 15.9 Å². The van der Waals surface area contributed by atoms with Crippen molar-refractivity contribution >= 4 is 11.7 Å². The van der Waals surface area contributed by atoms with Gasteiger partial charge in [0.25, 0.3) is 0 Å². The summed E-state index contributed by atoms with van der Waals surface area (Å²) in [4.78, 5) is 16.1. The van der Waals surface area contributed by atoms with Crippen LogP contribution in [-0.4, -0.2) is 20.2 Å². The topological polar surface area (TPSA) is 52.1 Å². The summed E-state index contributed by atoms with van der Waals surface area (Å²) >= 11 is 0. The Bertz CT molecular complexity index is 336. The highest BCUT2D eigenvalue weighted by Crippen LogP contribution is 2.12. The van der Waals surface area contributed by atoms with Gasteiger partial charge in [-0.3, -0.25) is 0 Å². The predicted molar refractivity (Wildman–Crippen MR) is 51.1 cm³/mol. The highest BCUT2D eigenvalue weighted by molar-refractivity contribution is 5.90. The number of carbonyl (C=O) groups is 1. The molecule has 0 heterocycles. The van der Waals surface area contributed by atoms with Crippen LogP contribution < -0.4 is 5.48 Å². The van der Waals surface area contributed by atoms with Gasteiger partial charge in [0.2, 0.25) is 0 Å². The van der Waals surface area contributed by atoms with Crippen molar-refractivity contribution in [2.45, 2.75) is 6.92 Å². The minimum absolute atomic E-state index is 0.337. The van der Waals surface area contributed by atoms with Crippen LogP contribution in [0.15, 0.2) is 18.2 Å². The molecule has 14 heavy (non-hydrogen) atoms. The number of rotatable bonds is 3. The Morgan fingerprint density at radius 3 is 2.64 bits per heavy atom. The van der Waals surface area contributed by atoms with Gasteiger partial charge in [-0.05, 0) is 13.0 Å². The maximum atomic E-state index is 11.2. The molecule has 0 aromatic heterocycles. The standard InChI is InChI=1S/C10H13NO3/c1-7-4-5-8(10(12)13-2)6-9(7)11-14-3/h4-6,11H,1-3H3/p+1. The largest absolute Gasteiger partial charge is 0.465 e. The maximum absolute atomic E-state index is 11.2. The van der Waals surface area contributed by atoms with Gasteiger partial charge in [-0.15, -0.1) is 0 Å². The van der Waals surface area contributed by atoms with Gasteiger partial charge in [0.05, 0.1) is 19.8 Å². The van der Waals surface area contributed by atoms with Crippen LogP contribution in [-0.2, 0) is 9.57 Å². The summed E-state index contributed by atoms with van der Waals surface area (Å²) in [6.07, 6.45) is 0. The first kappa shape index (κ1) is 10.7. The second kappa shape index (κ2) is 4.74. The fraction of sp³-hybridized carbons (Fsp3) is 0.300. The molecule has 0 fully saturated rings. The second-order valence-corrected chi connectivity index (χ2v) is 2.92. The number of esters is 1. The molecule has 76 valence electrons. The molecule has 1 rings (SSSR count). The first-order chi connectivity index (χ1) is 6.69. The lowest BCUT2D eigenvalue weighted by Gasteiger charge is -2.03. The molecule has 0 atom stereocenters. The van der Waals surface area contributed by atoms with E-state index in [0.29, 0.717) is 5.56 Å². The Morgan fingerprint density at radius 2 is 2.07 bits per heavy atom. The normalized spacial score (nSPS) is 9.93. The zero-order valence-electron chi connectivity index (χ0n) is 8.53. The molecule has 0 radical (unpaired) electrons. The summed E-state index contributed by atoms with van der Waals surface area (Å²) in [7, 11) is 2.94. The molecule has 1 aromatic rings. The molecule has 0 amide bonds. The number of ether oxygens (including phenoxy) is 1. The smallest absolute Gasteiger partial charge is 0.338 e. The van der Waals surface area contributed by atoms with E-state index in [1.54, 1.807) is 24.7 Å². The number of hydrogen-bond acceptors (Lipinski definition) is 3. The molecule has 0 aliphatic carbocycles. The van der Waals surface area contributed by atoms with Crippen molar-refractivity contribution in [1.82, 2.24) is 0 Å². The van der Waals surface area contributed by atoms with Crippen molar-refractivity contribution in [1.29, 1.82) is 0 Å². The molecule has 1 aromatic carbocycles. The minimum atomic E-state index is -0.337. The SMILES string of the molecule is CO[NH2+]c1cc(C(=O)OC)ccc1C. The highest BCUT2D eigenvalue weighted by Gasteiger charge is 2.09. The second-order valence-electron chi connectivity index (χ2n) is 2.92. The van der Waals surface area contributed by atoms with Gasteiger partial charge < -0.3 is 4.74 Å². The van der Waals surface area contributed by atoms with E-state index in [9.17, 15) is 4.79 Å². The lowest BCUT2D eigenvalue weighted by atomic mass is 10.1. The van der Waals surface area contributed by atoms with E-state index in [1.807, 2.05) is 13.0 Å². The van der Waals surface area contributed by atoms with E-state index in [2.05, 4.69) is 4.74 Å². The first-order valence-corrected chi connectivity index (χ1v) is 4.24. The van der Waals surface area contributed by atoms with Crippen molar-refractivity contribution < 1.29 is 19.8 Å². The van der Waals surface area contributed by atoms with E-state index in [4.69, 9.17) is 4.84 Å². The average molecular weight is 196 g/mol. The molecule has 0 unspecified atom stereocenters. The average Bonchev–Trinajstić information content (AvgIpc) is 2.20. The molecule has 4 nitrogen and oxygen atoms in total. The Hall–Kier alpha value is -1.39. The van der Waals surface area contributed by atoms with Gasteiger partial charge in [-0.25, -0.2) is 9.63 Å². The summed E-state index contributed by atoms with van der Waals surface area (Å²) in [6, 6.07) is 5.33. The molecule has 0 bridgehead atoms. The molecule has 0 saturated carbocycles. The quantitative estimate of drug-likeness (QED) is 0.436. The summed E-state index contributed by atoms with van der Waals surface area (Å²) in [5.41, 5.74) is 4.07. The van der Waals surface area contributed by atoms with E-state index < -0.39 is 0 Å². The van der Waals surface area contributed by atoms with Crippen LogP contribution in [0.25, 0.3) is 0 Å². The third-order valence-corrected chi connectivity index (χ3v) is 1.95. The van der Waals surface area contributed by atoms with Crippen LogP contribution in [0.3, 0.4) is 0 Å². The van der Waals surface area contributed by atoms with Crippen LogP contribution in [0.5, 0.6) is 0 Å². The van der Waals surface area contributed by atoms with E-state index >= 15 is 0 Å². The van der Waals surface area contributed by atoms with Gasteiger partial charge in [-0.1, -0.05) is 6.07 Å². The Morgan fingerprint density at radius 1 is 1.36 bits per heavy atom. The van der Waals surface area contributed by atoms with Gasteiger partial charge in [0.1, 0.15) is 0 Å². The first-order valence-electron chi connectivity index (χ1n) is 4.24. The van der Waals surface area contributed by atoms with Crippen molar-refractivity contribution in [3.05, 3.63) is 29.3 Å². The maximum Gasteiger partial charge on any atom is 0.338 e. The summed E-state index contributed by atoms with van der Waals surface area (Å²) in [5.74, 6) is -0.337. The van der Waals surface area contributed by atoms with Gasteiger partial charge in [0.15, 0.2) is 5.69 Å². The molecular weight excluding hydrogens is 182 g/mol. The summed E-state index contributed by atoms with van der Waals surface area (Å²) in [6.45, 7) is 1.95. The Labute approximate surface area is 82.8 Å². The van der Waals surface area contributed by atoms with Gasteiger partial charge in [0, 0.05) is 11.6 Å². The van der Waals surface area contributed by atoms with Crippen LogP contribution in [0, 0.1) is 6.92 Å². The van der Waals surface area contributed by atoms with Gasteiger partial charge in [-0.2, -0.15) is 5.48 Å². The lowest BCUT2D eigenvalue weighted by Crippen LogP contribution is -2.76. The predicted octanol–water partition coefficient (Wildman–Crippen LogP) is 0.538. The number of nitrogens with two attached hydrogens (primary N) is 1. The third-order valence-electron chi connectivity index (χ3n) is 1.95. The zero-order valence-corrected chi connectivity index (χ0v) is 8.53. The number of hydrogen-bond donors (Lipinski definition) is 1. The van der Waals surface area contributed by atoms with Crippen molar-refractivity contribution in [3.8, 4) is 0 Å².